The fourth-order valence-electron chi connectivity index (χ4n) is 7.22. The maximum atomic E-state index is 13.7. The van der Waals surface area contributed by atoms with Crippen LogP contribution < -0.4 is 15.4 Å². The summed E-state index contributed by atoms with van der Waals surface area (Å²) in [4.78, 5) is 23.3. The fourth-order valence-corrected chi connectivity index (χ4v) is 7.22. The van der Waals surface area contributed by atoms with E-state index in [4.69, 9.17) is 19.4 Å². The first-order valence-corrected chi connectivity index (χ1v) is 17.1. The monoisotopic (exact) mass is 627 g/mol. The van der Waals surface area contributed by atoms with Gasteiger partial charge >= 0.3 is 0 Å². The van der Waals surface area contributed by atoms with Crippen LogP contribution in [0.15, 0.2) is 36.5 Å². The third kappa shape index (κ3) is 7.22. The molecule has 46 heavy (non-hydrogen) atoms. The molecule has 1 fully saturated rings. The third-order valence-electron chi connectivity index (χ3n) is 9.72. The summed E-state index contributed by atoms with van der Waals surface area (Å²) in [6.07, 6.45) is 12.2. The lowest BCUT2D eigenvalue weighted by Gasteiger charge is -2.37. The highest BCUT2D eigenvalue weighted by Gasteiger charge is 2.31. The molecule has 3 aromatic heterocycles. The second kappa shape index (κ2) is 14.2. The number of carbonyl (C=O) groups excluding carboxylic acids is 1. The highest BCUT2D eigenvalue weighted by Crippen LogP contribution is 2.40. The molecule has 2 bridgehead atoms. The molecule has 1 aromatic carbocycles. The van der Waals surface area contributed by atoms with Gasteiger partial charge in [0.2, 0.25) is 11.8 Å². The Morgan fingerprint density at radius 3 is 2.76 bits per heavy atom. The molecular weight excluding hydrogens is 578 g/mol. The maximum absolute atomic E-state index is 13.7. The van der Waals surface area contributed by atoms with Crippen molar-refractivity contribution < 1.29 is 14.3 Å². The van der Waals surface area contributed by atoms with Gasteiger partial charge in [0.1, 0.15) is 0 Å². The number of aryl methyl sites for hydroxylation is 2. The molecule has 10 heteroatoms. The molecule has 0 saturated carbocycles. The van der Waals surface area contributed by atoms with Crippen molar-refractivity contribution in [3.05, 3.63) is 47.8 Å². The average Bonchev–Trinajstić information content (AvgIpc) is 3.57. The number of imidazole rings is 1. The van der Waals surface area contributed by atoms with Gasteiger partial charge in [-0.05, 0) is 93.5 Å². The molecule has 10 nitrogen and oxygen atoms in total. The molecule has 0 aliphatic carbocycles. The van der Waals surface area contributed by atoms with Crippen LogP contribution >= 0.6 is 0 Å². The van der Waals surface area contributed by atoms with Crippen LogP contribution in [-0.2, 0) is 18.3 Å². The van der Waals surface area contributed by atoms with Crippen LogP contribution in [0.4, 0.5) is 11.6 Å². The van der Waals surface area contributed by atoms with Crippen molar-refractivity contribution in [2.45, 2.75) is 85.1 Å². The van der Waals surface area contributed by atoms with E-state index in [1.54, 1.807) is 23.0 Å². The molecule has 0 unspecified atom stereocenters. The van der Waals surface area contributed by atoms with E-state index in [1.165, 1.54) is 38.5 Å². The smallest absolute Gasteiger partial charge is 0.258 e. The zero-order chi connectivity index (χ0) is 32.1. The number of fused-ring (bicyclic) bond motifs is 7. The number of amides is 1. The van der Waals surface area contributed by atoms with Crippen LogP contribution in [-0.4, -0.2) is 56.6 Å². The van der Waals surface area contributed by atoms with Crippen molar-refractivity contribution in [3.8, 4) is 17.1 Å². The second-order valence-electron chi connectivity index (χ2n) is 13.4. The molecule has 1 atom stereocenters. The average molecular weight is 628 g/mol. The molecule has 5 heterocycles. The predicted molar refractivity (Wildman–Crippen MR) is 182 cm³/mol. The van der Waals surface area contributed by atoms with Crippen molar-refractivity contribution in [1.82, 2.24) is 24.3 Å². The maximum Gasteiger partial charge on any atom is 0.258 e. The van der Waals surface area contributed by atoms with Crippen molar-refractivity contribution in [1.29, 1.82) is 0 Å². The quantitative estimate of drug-likeness (QED) is 0.196. The summed E-state index contributed by atoms with van der Waals surface area (Å²) in [7, 11) is 1.86. The molecule has 1 amide bonds. The highest BCUT2D eigenvalue weighted by atomic mass is 16.5. The van der Waals surface area contributed by atoms with Crippen LogP contribution in [0.3, 0.4) is 0 Å². The number of hydrogen-bond donors (Lipinski definition) is 2. The van der Waals surface area contributed by atoms with Gasteiger partial charge in [0, 0.05) is 50.3 Å². The molecule has 4 aromatic rings. The van der Waals surface area contributed by atoms with Gasteiger partial charge in [0.25, 0.3) is 5.91 Å². The van der Waals surface area contributed by atoms with Gasteiger partial charge in [-0.3, -0.25) is 15.1 Å². The van der Waals surface area contributed by atoms with E-state index in [9.17, 15) is 4.79 Å². The minimum atomic E-state index is -0.221. The number of anilines is 2. The summed E-state index contributed by atoms with van der Waals surface area (Å²) in [5.74, 6) is 1.34. The van der Waals surface area contributed by atoms with Crippen molar-refractivity contribution in [3.63, 3.8) is 0 Å². The van der Waals surface area contributed by atoms with E-state index in [-0.39, 0.29) is 5.91 Å². The van der Waals surface area contributed by atoms with Gasteiger partial charge in [-0.25, -0.2) is 9.67 Å². The zero-order valence-corrected chi connectivity index (χ0v) is 27.9. The molecule has 2 N–H and O–H groups in total. The summed E-state index contributed by atoms with van der Waals surface area (Å²) >= 11 is 0. The molecule has 1 saturated heterocycles. The minimum Gasteiger partial charge on any atom is -0.477 e. The number of benzene rings is 1. The van der Waals surface area contributed by atoms with Gasteiger partial charge in [-0.2, -0.15) is 5.10 Å². The van der Waals surface area contributed by atoms with E-state index in [0.29, 0.717) is 41.0 Å². The van der Waals surface area contributed by atoms with E-state index >= 15 is 0 Å². The van der Waals surface area contributed by atoms with Crippen LogP contribution in [0.1, 0.15) is 87.7 Å². The first-order valence-electron chi connectivity index (χ1n) is 17.1. The van der Waals surface area contributed by atoms with E-state index in [1.807, 2.05) is 14.0 Å². The number of unbranched alkanes of at least 4 members (excludes halogenated alkanes) is 1. The first kappa shape index (κ1) is 32.0. The molecule has 246 valence electrons. The molecule has 6 rings (SSSR count). The molecule has 0 radical (unpaired) electrons. The Bertz CT molecular complexity index is 1650. The topological polar surface area (TPSA) is 108 Å². The van der Waals surface area contributed by atoms with Gasteiger partial charge in [-0.15, -0.1) is 0 Å². The van der Waals surface area contributed by atoms with Gasteiger partial charge in [0.15, 0.2) is 0 Å². The van der Waals surface area contributed by atoms with Crippen molar-refractivity contribution >= 4 is 28.6 Å². The Hall–Kier alpha value is -3.92. The van der Waals surface area contributed by atoms with Crippen LogP contribution in [0.25, 0.3) is 22.3 Å². The molecular formula is C36H49N7O3. The number of nitrogens with zero attached hydrogens (tertiary/aromatic N) is 5. The summed E-state index contributed by atoms with van der Waals surface area (Å²) in [5, 5.41) is 11.2. The normalized spacial score (nSPS) is 18.5. The summed E-state index contributed by atoms with van der Waals surface area (Å²) in [5.41, 5.74) is 6.13. The number of rotatable bonds is 8. The van der Waals surface area contributed by atoms with Gasteiger partial charge < -0.3 is 19.4 Å². The number of nitrogens with one attached hydrogen (secondary N) is 2. The van der Waals surface area contributed by atoms with Crippen LogP contribution in [0.2, 0.25) is 0 Å². The first-order chi connectivity index (χ1) is 22.3. The fraction of sp³-hybridized carbons (Fsp3) is 0.556. The highest BCUT2D eigenvalue weighted by molar-refractivity contribution is 6.05. The minimum absolute atomic E-state index is 0.221. The van der Waals surface area contributed by atoms with Gasteiger partial charge in [-0.1, -0.05) is 26.7 Å². The second-order valence-corrected chi connectivity index (χ2v) is 13.4. The SMILES string of the molecule is CCCC1(CCCCNc2ccc3nc4n(c3c2)C[C@H](C)CCCOc2c(cnn2C)-c2cc(cc(C)n2)C(=O)N4)CCOCC1. The molecule has 2 aliphatic rings. The number of pyridine rings is 1. The Morgan fingerprint density at radius 1 is 1.09 bits per heavy atom. The van der Waals surface area contributed by atoms with Crippen molar-refractivity contribution in [2.75, 3.05) is 37.0 Å². The largest absolute Gasteiger partial charge is 0.477 e. The van der Waals surface area contributed by atoms with E-state index in [2.05, 4.69) is 52.3 Å². The lowest BCUT2D eigenvalue weighted by atomic mass is 9.73. The number of carbonyl (C=O) groups is 1. The molecule has 0 spiro atoms. The summed E-state index contributed by atoms with van der Waals surface area (Å²) in [6.45, 7) is 10.5. The Balaban J connectivity index is 1.21. The Labute approximate surface area is 272 Å². The van der Waals surface area contributed by atoms with Crippen LogP contribution in [0.5, 0.6) is 5.88 Å². The zero-order valence-electron chi connectivity index (χ0n) is 27.9. The standard InChI is InChI=1S/C36H49N7O3/c1-5-12-36(14-18-45-19-15-36)13-6-7-16-37-28-10-11-30-32(22-28)43-24-25(2)9-8-17-46-34-29(23-38-42(34)4)31-21-27(20-26(3)39-31)33(44)41-35(43)40-30/h10-11,20-23,25,37H,5-9,12-19,24H2,1-4H3,(H,40,41,44)/t25-/m1/s1. The Kier molecular flexibility index (Phi) is 9.92. The summed E-state index contributed by atoms with van der Waals surface area (Å²) < 4.78 is 15.8. The van der Waals surface area contributed by atoms with Crippen molar-refractivity contribution in [2.24, 2.45) is 18.4 Å². The number of aromatic nitrogens is 5. The predicted octanol–water partition coefficient (Wildman–Crippen LogP) is 7.38. The number of ether oxygens (including phenoxy) is 2. The number of hydrogen-bond acceptors (Lipinski definition) is 7. The lowest BCUT2D eigenvalue weighted by Crippen LogP contribution is -2.29. The lowest BCUT2D eigenvalue weighted by molar-refractivity contribution is 0.00405. The third-order valence-corrected chi connectivity index (χ3v) is 9.72. The molecule has 2 aliphatic heterocycles. The summed E-state index contributed by atoms with van der Waals surface area (Å²) in [6, 6.07) is 9.93. The van der Waals surface area contributed by atoms with E-state index < -0.39 is 0 Å². The Morgan fingerprint density at radius 2 is 1.93 bits per heavy atom. The van der Waals surface area contributed by atoms with Crippen LogP contribution in [0, 0.1) is 18.3 Å². The van der Waals surface area contributed by atoms with E-state index in [0.717, 1.165) is 73.5 Å². The van der Waals surface area contributed by atoms with Gasteiger partial charge in [0.05, 0.1) is 35.1 Å².